The van der Waals surface area contributed by atoms with Gasteiger partial charge in [-0.1, -0.05) is 97.3 Å². The van der Waals surface area contributed by atoms with Crippen LogP contribution in [0.4, 0.5) is 0 Å². The van der Waals surface area contributed by atoms with Crippen LogP contribution in [-0.4, -0.2) is 87.4 Å². The van der Waals surface area contributed by atoms with Gasteiger partial charge in [0.05, 0.1) is 34.4 Å². The minimum atomic E-state index is -1.50. The highest BCUT2D eigenvalue weighted by molar-refractivity contribution is 5.71. The number of unbranched alkanes of at least 4 members (excludes halogenated alkanes) is 13. The van der Waals surface area contributed by atoms with E-state index in [4.69, 9.17) is 18.9 Å². The standard InChI is InChI=1S/C31H59NO8/c1-6-8-10-12-14-16-18-20-22-29(34)40-27(25-38-28(33)21-19-17-15-13-11-9-7-2)26-39-31(30(35)36)37-24-23-32(3,4)5/h27,31H,6-26H2,1-5H3/p+1. The van der Waals surface area contributed by atoms with Gasteiger partial charge in [-0.25, -0.2) is 4.79 Å². The van der Waals surface area contributed by atoms with Gasteiger partial charge >= 0.3 is 17.9 Å². The first kappa shape index (κ1) is 38.3. The van der Waals surface area contributed by atoms with E-state index in [1.807, 2.05) is 21.1 Å². The lowest BCUT2D eigenvalue weighted by Gasteiger charge is -2.25. The van der Waals surface area contributed by atoms with Gasteiger partial charge in [-0.3, -0.25) is 9.59 Å². The number of hydrogen-bond acceptors (Lipinski definition) is 7. The molecule has 0 rings (SSSR count). The van der Waals surface area contributed by atoms with Crippen molar-refractivity contribution in [3.8, 4) is 0 Å². The maximum Gasteiger partial charge on any atom is 0.361 e. The molecule has 0 radical (unpaired) electrons. The van der Waals surface area contributed by atoms with Gasteiger partial charge in [0.15, 0.2) is 6.10 Å². The van der Waals surface area contributed by atoms with E-state index in [0.717, 1.165) is 38.5 Å². The third kappa shape index (κ3) is 25.3. The third-order valence-electron chi connectivity index (χ3n) is 6.61. The average Bonchev–Trinajstić information content (AvgIpc) is 2.89. The molecule has 0 fully saturated rings. The van der Waals surface area contributed by atoms with E-state index in [1.165, 1.54) is 57.8 Å². The first-order valence-corrected chi connectivity index (χ1v) is 15.7. The number of rotatable bonds is 28. The highest BCUT2D eigenvalue weighted by Crippen LogP contribution is 2.12. The third-order valence-corrected chi connectivity index (χ3v) is 6.61. The number of carboxylic acids is 1. The predicted molar refractivity (Wildman–Crippen MR) is 157 cm³/mol. The second-order valence-electron chi connectivity index (χ2n) is 11.8. The van der Waals surface area contributed by atoms with Crippen LogP contribution in [0.1, 0.15) is 123 Å². The number of esters is 2. The number of carbonyl (C=O) groups is 3. The highest BCUT2D eigenvalue weighted by Gasteiger charge is 2.25. The molecule has 2 atom stereocenters. The fourth-order valence-electron chi connectivity index (χ4n) is 4.07. The Morgan fingerprint density at radius 3 is 1.60 bits per heavy atom. The van der Waals surface area contributed by atoms with Crippen molar-refractivity contribution in [1.82, 2.24) is 0 Å². The SMILES string of the molecule is CCCCCCCCCCC(=O)OC(COC(=O)CCCCCCCCC)COC(OCC[N+](C)(C)C)C(=O)O. The van der Waals surface area contributed by atoms with E-state index in [9.17, 15) is 19.5 Å². The Bertz CT molecular complexity index is 650. The van der Waals surface area contributed by atoms with Crippen LogP contribution in [0.15, 0.2) is 0 Å². The van der Waals surface area contributed by atoms with E-state index in [0.29, 0.717) is 17.4 Å². The van der Waals surface area contributed by atoms with Crippen LogP contribution in [0.25, 0.3) is 0 Å². The summed E-state index contributed by atoms with van der Waals surface area (Å²) in [5.41, 5.74) is 0. The minimum absolute atomic E-state index is 0.177. The summed E-state index contributed by atoms with van der Waals surface area (Å²) in [7, 11) is 5.92. The Morgan fingerprint density at radius 2 is 1.12 bits per heavy atom. The maximum atomic E-state index is 12.5. The number of ether oxygens (including phenoxy) is 4. The zero-order chi connectivity index (χ0) is 30.1. The van der Waals surface area contributed by atoms with Gasteiger partial charge in [-0.2, -0.15) is 0 Å². The molecule has 0 saturated heterocycles. The van der Waals surface area contributed by atoms with E-state index in [1.54, 1.807) is 0 Å². The molecule has 0 aliphatic carbocycles. The Labute approximate surface area is 243 Å². The zero-order valence-electron chi connectivity index (χ0n) is 26.3. The first-order valence-electron chi connectivity index (χ1n) is 15.7. The van der Waals surface area contributed by atoms with Crippen LogP contribution in [0.5, 0.6) is 0 Å². The van der Waals surface area contributed by atoms with Crippen molar-refractivity contribution >= 4 is 17.9 Å². The van der Waals surface area contributed by atoms with Crippen LogP contribution in [0, 0.1) is 0 Å². The van der Waals surface area contributed by atoms with Crippen molar-refractivity contribution in [3.63, 3.8) is 0 Å². The quantitative estimate of drug-likeness (QED) is 0.0505. The summed E-state index contributed by atoms with van der Waals surface area (Å²) in [6.45, 7) is 4.75. The summed E-state index contributed by atoms with van der Waals surface area (Å²) >= 11 is 0. The Balaban J connectivity index is 4.66. The number of aliphatic carboxylic acids is 1. The fourth-order valence-corrected chi connectivity index (χ4v) is 4.07. The second-order valence-corrected chi connectivity index (χ2v) is 11.8. The van der Waals surface area contributed by atoms with Crippen molar-refractivity contribution in [2.45, 2.75) is 135 Å². The van der Waals surface area contributed by atoms with Gasteiger partial charge in [-0.15, -0.1) is 0 Å². The molecule has 0 aliphatic rings. The van der Waals surface area contributed by atoms with Crippen LogP contribution in [0.3, 0.4) is 0 Å². The lowest BCUT2D eigenvalue weighted by molar-refractivity contribution is -0.870. The summed E-state index contributed by atoms with van der Waals surface area (Å²) in [6, 6.07) is 0. The van der Waals surface area contributed by atoms with Crippen molar-refractivity contribution < 1.29 is 42.9 Å². The molecule has 9 heteroatoms. The molecule has 0 spiro atoms. The van der Waals surface area contributed by atoms with E-state index < -0.39 is 24.3 Å². The zero-order valence-corrected chi connectivity index (χ0v) is 26.3. The van der Waals surface area contributed by atoms with Crippen molar-refractivity contribution in [3.05, 3.63) is 0 Å². The van der Waals surface area contributed by atoms with E-state index >= 15 is 0 Å². The monoisotopic (exact) mass is 574 g/mol. The van der Waals surface area contributed by atoms with Gasteiger partial charge in [0.25, 0.3) is 6.29 Å². The average molecular weight is 575 g/mol. The smallest absolute Gasteiger partial charge is 0.361 e. The van der Waals surface area contributed by atoms with Crippen molar-refractivity contribution in [2.75, 3.05) is 47.5 Å². The van der Waals surface area contributed by atoms with Gasteiger partial charge in [-0.05, 0) is 12.8 Å². The lowest BCUT2D eigenvalue weighted by Crippen LogP contribution is -2.40. The summed E-state index contributed by atoms with van der Waals surface area (Å²) in [5, 5.41) is 9.49. The molecule has 0 aromatic heterocycles. The number of quaternary nitrogens is 1. The maximum absolute atomic E-state index is 12.5. The molecule has 0 heterocycles. The normalized spacial score (nSPS) is 13.1. The molecule has 0 aromatic carbocycles. The summed E-state index contributed by atoms with van der Waals surface area (Å²) in [6.07, 6.45) is 14.8. The van der Waals surface area contributed by atoms with Gasteiger partial charge in [0, 0.05) is 12.8 Å². The molecular formula is C31H60NO8+. The molecule has 1 N–H and O–H groups in total. The molecular weight excluding hydrogens is 514 g/mol. The summed E-state index contributed by atoms with van der Waals surface area (Å²) < 4.78 is 22.4. The fraction of sp³-hybridized carbons (Fsp3) is 0.903. The molecule has 0 aliphatic heterocycles. The first-order chi connectivity index (χ1) is 19.1. The number of carboxylic acid groups (broad SMARTS) is 1. The summed E-state index contributed by atoms with van der Waals surface area (Å²) in [5.74, 6) is -2.02. The second kappa shape index (κ2) is 25.0. The van der Waals surface area contributed by atoms with Gasteiger partial charge in [0.2, 0.25) is 0 Å². The van der Waals surface area contributed by atoms with Crippen LogP contribution in [-0.2, 0) is 33.3 Å². The molecule has 9 nitrogen and oxygen atoms in total. The van der Waals surface area contributed by atoms with Gasteiger partial charge in [0.1, 0.15) is 13.2 Å². The van der Waals surface area contributed by atoms with E-state index in [2.05, 4.69) is 13.8 Å². The number of likely N-dealkylation sites (N-methyl/N-ethyl adjacent to an activating group) is 1. The minimum Gasteiger partial charge on any atom is -0.477 e. The lowest BCUT2D eigenvalue weighted by atomic mass is 10.1. The van der Waals surface area contributed by atoms with Crippen molar-refractivity contribution in [2.24, 2.45) is 0 Å². The summed E-state index contributed by atoms with van der Waals surface area (Å²) in [4.78, 5) is 36.4. The molecule has 0 aromatic rings. The number of hydrogen-bond donors (Lipinski definition) is 1. The van der Waals surface area contributed by atoms with Crippen molar-refractivity contribution in [1.29, 1.82) is 0 Å². The van der Waals surface area contributed by atoms with Crippen LogP contribution in [0.2, 0.25) is 0 Å². The Kier molecular flexibility index (Phi) is 24.0. The van der Waals surface area contributed by atoms with Gasteiger partial charge < -0.3 is 28.5 Å². The van der Waals surface area contributed by atoms with Crippen LogP contribution < -0.4 is 0 Å². The number of carbonyl (C=O) groups excluding carboxylic acids is 2. The van der Waals surface area contributed by atoms with Crippen LogP contribution >= 0.6 is 0 Å². The topological polar surface area (TPSA) is 108 Å². The molecule has 0 bridgehead atoms. The molecule has 40 heavy (non-hydrogen) atoms. The predicted octanol–water partition coefficient (Wildman–Crippen LogP) is 6.26. The largest absolute Gasteiger partial charge is 0.477 e. The Hall–Kier alpha value is -1.71. The molecule has 2 unspecified atom stereocenters. The molecule has 0 amide bonds. The number of nitrogens with zero attached hydrogens (tertiary/aromatic N) is 1. The Morgan fingerprint density at radius 1 is 0.650 bits per heavy atom. The molecule has 0 saturated carbocycles. The van der Waals surface area contributed by atoms with E-state index in [-0.39, 0.29) is 32.2 Å². The molecule has 236 valence electrons. The highest BCUT2D eigenvalue weighted by atomic mass is 16.7.